The van der Waals surface area contributed by atoms with Gasteiger partial charge >= 0.3 is 0 Å². The van der Waals surface area contributed by atoms with Gasteiger partial charge < -0.3 is 15.5 Å². The quantitative estimate of drug-likeness (QED) is 0.762. The zero-order chi connectivity index (χ0) is 12.8. The van der Waals surface area contributed by atoms with Crippen molar-refractivity contribution in [1.82, 2.24) is 5.32 Å². The van der Waals surface area contributed by atoms with Gasteiger partial charge in [0, 0.05) is 6.54 Å². The van der Waals surface area contributed by atoms with Crippen LogP contribution in [0.2, 0.25) is 0 Å². The van der Waals surface area contributed by atoms with Gasteiger partial charge in [0.05, 0.1) is 6.54 Å². The first-order chi connectivity index (χ1) is 8.79. The molecule has 1 aliphatic rings. The van der Waals surface area contributed by atoms with Gasteiger partial charge in [-0.3, -0.25) is 4.79 Å². The standard InChI is InChI=1S/C14H22N2O2/c15-10-12-7-8-13(18-12)14(17)16-9-3-6-11-4-1-2-5-11/h7-8,11H,1-6,9-10,15H2,(H,16,17). The van der Waals surface area contributed by atoms with Gasteiger partial charge in [-0.05, 0) is 30.9 Å². The predicted octanol–water partition coefficient (Wildman–Crippen LogP) is 2.44. The van der Waals surface area contributed by atoms with Crippen LogP contribution in [0.4, 0.5) is 0 Å². The molecule has 1 amide bonds. The minimum absolute atomic E-state index is 0.138. The molecule has 0 aliphatic heterocycles. The largest absolute Gasteiger partial charge is 0.455 e. The van der Waals surface area contributed by atoms with Crippen molar-refractivity contribution < 1.29 is 9.21 Å². The van der Waals surface area contributed by atoms with Crippen LogP contribution in [-0.4, -0.2) is 12.5 Å². The molecular weight excluding hydrogens is 228 g/mol. The van der Waals surface area contributed by atoms with E-state index < -0.39 is 0 Å². The van der Waals surface area contributed by atoms with Gasteiger partial charge in [-0.2, -0.15) is 0 Å². The summed E-state index contributed by atoms with van der Waals surface area (Å²) < 4.78 is 5.29. The molecule has 1 aliphatic carbocycles. The van der Waals surface area contributed by atoms with Crippen molar-refractivity contribution in [1.29, 1.82) is 0 Å². The predicted molar refractivity (Wildman–Crippen MR) is 70.1 cm³/mol. The monoisotopic (exact) mass is 250 g/mol. The second-order valence-electron chi connectivity index (χ2n) is 5.02. The summed E-state index contributed by atoms with van der Waals surface area (Å²) in [5.41, 5.74) is 5.43. The van der Waals surface area contributed by atoms with Gasteiger partial charge in [-0.25, -0.2) is 0 Å². The minimum atomic E-state index is -0.138. The molecule has 0 aromatic carbocycles. The maximum Gasteiger partial charge on any atom is 0.286 e. The van der Waals surface area contributed by atoms with E-state index in [4.69, 9.17) is 10.2 Å². The molecular formula is C14H22N2O2. The van der Waals surface area contributed by atoms with Crippen LogP contribution in [0.1, 0.15) is 54.8 Å². The van der Waals surface area contributed by atoms with Crippen LogP contribution in [0.3, 0.4) is 0 Å². The molecule has 18 heavy (non-hydrogen) atoms. The van der Waals surface area contributed by atoms with E-state index in [0.29, 0.717) is 18.1 Å². The maximum absolute atomic E-state index is 11.7. The van der Waals surface area contributed by atoms with Crippen LogP contribution in [0.5, 0.6) is 0 Å². The Kier molecular flexibility index (Phi) is 4.81. The average molecular weight is 250 g/mol. The molecule has 0 radical (unpaired) electrons. The maximum atomic E-state index is 11.7. The summed E-state index contributed by atoms with van der Waals surface area (Å²) in [6.07, 6.45) is 7.78. The molecule has 1 saturated carbocycles. The van der Waals surface area contributed by atoms with E-state index in [9.17, 15) is 4.79 Å². The number of hydrogen-bond donors (Lipinski definition) is 2. The summed E-state index contributed by atoms with van der Waals surface area (Å²) in [7, 11) is 0. The van der Waals surface area contributed by atoms with Crippen LogP contribution >= 0.6 is 0 Å². The minimum Gasteiger partial charge on any atom is -0.455 e. The van der Waals surface area contributed by atoms with Crippen LogP contribution in [0.25, 0.3) is 0 Å². The van der Waals surface area contributed by atoms with Crippen molar-refractivity contribution >= 4 is 5.91 Å². The highest BCUT2D eigenvalue weighted by molar-refractivity contribution is 5.91. The van der Waals surface area contributed by atoms with E-state index in [0.717, 1.165) is 18.9 Å². The second kappa shape index (κ2) is 6.59. The Labute approximate surface area is 108 Å². The summed E-state index contributed by atoms with van der Waals surface area (Å²) in [5, 5.41) is 2.89. The highest BCUT2D eigenvalue weighted by Crippen LogP contribution is 2.28. The molecule has 2 rings (SSSR count). The number of nitrogens with two attached hydrogens (primary N) is 1. The third kappa shape index (κ3) is 3.60. The Bertz CT molecular complexity index is 381. The van der Waals surface area contributed by atoms with Crippen molar-refractivity contribution in [3.63, 3.8) is 0 Å². The fourth-order valence-corrected chi connectivity index (χ4v) is 2.59. The molecule has 0 bridgehead atoms. The molecule has 3 N–H and O–H groups in total. The first-order valence-electron chi connectivity index (χ1n) is 6.86. The fourth-order valence-electron chi connectivity index (χ4n) is 2.59. The number of furan rings is 1. The smallest absolute Gasteiger partial charge is 0.286 e. The Balaban J connectivity index is 1.65. The Morgan fingerprint density at radius 3 is 2.83 bits per heavy atom. The Morgan fingerprint density at radius 2 is 2.17 bits per heavy atom. The molecule has 4 heteroatoms. The van der Waals surface area contributed by atoms with Crippen molar-refractivity contribution in [2.45, 2.75) is 45.1 Å². The topological polar surface area (TPSA) is 68.3 Å². The summed E-state index contributed by atoms with van der Waals surface area (Å²) in [6, 6.07) is 3.42. The summed E-state index contributed by atoms with van der Waals surface area (Å²) in [6.45, 7) is 1.06. The SMILES string of the molecule is NCc1ccc(C(=O)NCCCC2CCCC2)o1. The highest BCUT2D eigenvalue weighted by Gasteiger charge is 2.15. The van der Waals surface area contributed by atoms with Crippen molar-refractivity contribution in [3.05, 3.63) is 23.7 Å². The lowest BCUT2D eigenvalue weighted by Gasteiger charge is -2.08. The van der Waals surface area contributed by atoms with Gasteiger partial charge in [0.1, 0.15) is 5.76 Å². The molecule has 100 valence electrons. The van der Waals surface area contributed by atoms with Gasteiger partial charge in [-0.15, -0.1) is 0 Å². The van der Waals surface area contributed by atoms with Gasteiger partial charge in [0.25, 0.3) is 5.91 Å². The lowest BCUT2D eigenvalue weighted by atomic mass is 10.0. The number of hydrogen-bond acceptors (Lipinski definition) is 3. The molecule has 1 aromatic heterocycles. The summed E-state index contributed by atoms with van der Waals surface area (Å²) >= 11 is 0. The molecule has 0 atom stereocenters. The Hall–Kier alpha value is -1.29. The average Bonchev–Trinajstić information content (AvgIpc) is 3.05. The highest BCUT2D eigenvalue weighted by atomic mass is 16.4. The van der Waals surface area contributed by atoms with Gasteiger partial charge in [-0.1, -0.05) is 25.7 Å². The Morgan fingerprint density at radius 1 is 1.39 bits per heavy atom. The van der Waals surface area contributed by atoms with Gasteiger partial charge in [0.2, 0.25) is 0 Å². The van der Waals surface area contributed by atoms with E-state index in [-0.39, 0.29) is 5.91 Å². The lowest BCUT2D eigenvalue weighted by molar-refractivity contribution is 0.0923. The molecule has 1 fully saturated rings. The number of carbonyl (C=O) groups excluding carboxylic acids is 1. The second-order valence-corrected chi connectivity index (χ2v) is 5.02. The van der Waals surface area contributed by atoms with Crippen LogP contribution in [-0.2, 0) is 6.54 Å². The summed E-state index contributed by atoms with van der Waals surface area (Å²) in [4.78, 5) is 11.7. The number of carbonyl (C=O) groups is 1. The van der Waals surface area contributed by atoms with E-state index in [1.165, 1.54) is 32.1 Å². The van der Waals surface area contributed by atoms with Crippen molar-refractivity contribution in [3.8, 4) is 0 Å². The van der Waals surface area contributed by atoms with Crippen LogP contribution in [0, 0.1) is 5.92 Å². The number of amides is 1. The van der Waals surface area contributed by atoms with E-state index in [1.807, 2.05) is 0 Å². The van der Waals surface area contributed by atoms with Gasteiger partial charge in [0.15, 0.2) is 5.76 Å². The molecule has 0 unspecified atom stereocenters. The molecule has 0 saturated heterocycles. The van der Waals surface area contributed by atoms with E-state index in [1.54, 1.807) is 12.1 Å². The normalized spacial score (nSPS) is 16.1. The number of nitrogens with one attached hydrogen (secondary N) is 1. The third-order valence-electron chi connectivity index (χ3n) is 3.64. The molecule has 1 aromatic rings. The molecule has 4 nitrogen and oxygen atoms in total. The number of rotatable bonds is 6. The van der Waals surface area contributed by atoms with Crippen LogP contribution < -0.4 is 11.1 Å². The van der Waals surface area contributed by atoms with Crippen LogP contribution in [0.15, 0.2) is 16.5 Å². The van der Waals surface area contributed by atoms with E-state index in [2.05, 4.69) is 5.32 Å². The lowest BCUT2D eigenvalue weighted by Crippen LogP contribution is -2.24. The fraction of sp³-hybridized carbons (Fsp3) is 0.643. The zero-order valence-electron chi connectivity index (χ0n) is 10.8. The zero-order valence-corrected chi connectivity index (χ0v) is 10.8. The molecule has 0 spiro atoms. The molecule has 1 heterocycles. The first kappa shape index (κ1) is 13.1. The first-order valence-corrected chi connectivity index (χ1v) is 6.86. The van der Waals surface area contributed by atoms with Crippen molar-refractivity contribution in [2.24, 2.45) is 11.7 Å². The van der Waals surface area contributed by atoms with E-state index >= 15 is 0 Å². The summed E-state index contributed by atoms with van der Waals surface area (Å²) in [5.74, 6) is 1.75. The third-order valence-corrected chi connectivity index (χ3v) is 3.64. The van der Waals surface area contributed by atoms with Crippen molar-refractivity contribution in [2.75, 3.05) is 6.54 Å².